The molecule has 0 spiro atoms. The van der Waals surface area contributed by atoms with Crippen LogP contribution in [0.5, 0.6) is 0 Å². The zero-order valence-corrected chi connectivity index (χ0v) is 11.7. The summed E-state index contributed by atoms with van der Waals surface area (Å²) in [6, 6.07) is 1.60. The van der Waals surface area contributed by atoms with Crippen molar-refractivity contribution in [3.05, 3.63) is 28.9 Å². The molecule has 2 unspecified atom stereocenters. The average Bonchev–Trinajstić information content (AvgIpc) is 2.39. The van der Waals surface area contributed by atoms with Gasteiger partial charge in [0.05, 0.1) is 5.60 Å². The molecular weight excluding hydrogens is 258 g/mol. The van der Waals surface area contributed by atoms with Gasteiger partial charge in [-0.2, -0.15) is 0 Å². The number of hydrogen-bond acceptors (Lipinski definition) is 4. The van der Waals surface area contributed by atoms with E-state index in [1.807, 2.05) is 0 Å². The van der Waals surface area contributed by atoms with E-state index in [-0.39, 0.29) is 19.0 Å². The van der Waals surface area contributed by atoms with Crippen LogP contribution in [0.3, 0.4) is 0 Å². The second-order valence-corrected chi connectivity index (χ2v) is 5.73. The second kappa shape index (κ2) is 6.17. The van der Waals surface area contributed by atoms with Gasteiger partial charge in [-0.15, -0.1) is 0 Å². The minimum Gasteiger partial charge on any atom is -0.388 e. The Morgan fingerprint density at radius 3 is 3.15 bits per heavy atom. The van der Waals surface area contributed by atoms with Crippen LogP contribution in [-0.2, 0) is 11.3 Å². The fraction of sp³-hybridized carbons (Fsp3) is 0.643. The van der Waals surface area contributed by atoms with Crippen LogP contribution in [0.25, 0.3) is 0 Å². The van der Waals surface area contributed by atoms with E-state index >= 15 is 0 Å². The lowest BCUT2D eigenvalue weighted by Gasteiger charge is -2.35. The highest BCUT2D eigenvalue weighted by atomic mass is 16.3. The zero-order valence-electron chi connectivity index (χ0n) is 11.7. The van der Waals surface area contributed by atoms with Gasteiger partial charge in [0.2, 0.25) is 5.91 Å². The van der Waals surface area contributed by atoms with Crippen molar-refractivity contribution in [2.45, 2.75) is 44.8 Å². The van der Waals surface area contributed by atoms with E-state index in [9.17, 15) is 14.7 Å². The molecule has 1 aliphatic rings. The number of aliphatic hydroxyl groups is 1. The predicted octanol–water partition coefficient (Wildman–Crippen LogP) is 0.301. The van der Waals surface area contributed by atoms with Gasteiger partial charge in [0.1, 0.15) is 6.54 Å². The monoisotopic (exact) mass is 279 g/mol. The van der Waals surface area contributed by atoms with Crippen LogP contribution >= 0.6 is 0 Å². The molecule has 1 amide bonds. The first-order chi connectivity index (χ1) is 9.48. The molecule has 2 N–H and O–H groups in total. The molecule has 0 aliphatic heterocycles. The van der Waals surface area contributed by atoms with Gasteiger partial charge in [-0.25, -0.2) is 9.78 Å². The van der Waals surface area contributed by atoms with Crippen LogP contribution < -0.4 is 11.0 Å². The number of hydrogen-bond donors (Lipinski definition) is 2. The van der Waals surface area contributed by atoms with Gasteiger partial charge in [0.25, 0.3) is 0 Å². The van der Waals surface area contributed by atoms with Gasteiger partial charge < -0.3 is 10.4 Å². The molecule has 1 saturated carbocycles. The van der Waals surface area contributed by atoms with E-state index in [0.717, 1.165) is 12.8 Å². The lowest BCUT2D eigenvalue weighted by Crippen LogP contribution is -2.46. The SMILES string of the molecule is CC1CCCC(O)(CNC(=O)Cn2cccnc2=O)C1. The Morgan fingerprint density at radius 2 is 2.45 bits per heavy atom. The molecule has 20 heavy (non-hydrogen) atoms. The third-order valence-corrected chi connectivity index (χ3v) is 3.78. The minimum absolute atomic E-state index is 0.0711. The van der Waals surface area contributed by atoms with Gasteiger partial charge in [-0.1, -0.05) is 19.8 Å². The minimum atomic E-state index is -0.812. The van der Waals surface area contributed by atoms with Crippen molar-refractivity contribution >= 4 is 5.91 Å². The van der Waals surface area contributed by atoms with Crippen molar-refractivity contribution < 1.29 is 9.90 Å². The molecular formula is C14H21N3O3. The molecule has 0 saturated heterocycles. The van der Waals surface area contributed by atoms with Gasteiger partial charge in [-0.3, -0.25) is 9.36 Å². The number of rotatable bonds is 4. The maximum Gasteiger partial charge on any atom is 0.347 e. The van der Waals surface area contributed by atoms with E-state index in [1.165, 1.54) is 17.0 Å². The van der Waals surface area contributed by atoms with Crippen molar-refractivity contribution in [1.82, 2.24) is 14.9 Å². The van der Waals surface area contributed by atoms with Gasteiger partial charge in [0.15, 0.2) is 0 Å². The second-order valence-electron chi connectivity index (χ2n) is 5.73. The number of amides is 1. The van der Waals surface area contributed by atoms with E-state index in [2.05, 4.69) is 17.2 Å². The quantitative estimate of drug-likeness (QED) is 0.830. The molecule has 0 bridgehead atoms. The number of carbonyl (C=O) groups is 1. The van der Waals surface area contributed by atoms with Crippen molar-refractivity contribution in [2.75, 3.05) is 6.54 Å². The zero-order chi connectivity index (χ0) is 14.6. The first kappa shape index (κ1) is 14.7. The summed E-state index contributed by atoms with van der Waals surface area (Å²) < 4.78 is 1.24. The first-order valence-corrected chi connectivity index (χ1v) is 6.99. The number of nitrogens with zero attached hydrogens (tertiary/aromatic N) is 2. The molecule has 0 radical (unpaired) electrons. The Bertz CT molecular complexity index is 528. The Labute approximate surface area is 117 Å². The highest BCUT2D eigenvalue weighted by Crippen LogP contribution is 2.31. The number of aromatic nitrogens is 2. The van der Waals surface area contributed by atoms with Crippen molar-refractivity contribution in [3.63, 3.8) is 0 Å². The van der Waals surface area contributed by atoms with Gasteiger partial charge >= 0.3 is 5.69 Å². The highest BCUT2D eigenvalue weighted by molar-refractivity contribution is 5.75. The third-order valence-electron chi connectivity index (χ3n) is 3.78. The fourth-order valence-corrected chi connectivity index (χ4v) is 2.77. The number of nitrogens with one attached hydrogen (secondary N) is 1. The molecule has 1 aromatic rings. The fourth-order valence-electron chi connectivity index (χ4n) is 2.77. The number of carbonyl (C=O) groups excluding carboxylic acids is 1. The van der Waals surface area contributed by atoms with Crippen LogP contribution in [-0.4, -0.2) is 32.7 Å². The van der Waals surface area contributed by atoms with E-state index in [1.54, 1.807) is 6.07 Å². The molecule has 6 nitrogen and oxygen atoms in total. The summed E-state index contributed by atoms with van der Waals surface area (Å²) >= 11 is 0. The van der Waals surface area contributed by atoms with Crippen molar-refractivity contribution in [3.8, 4) is 0 Å². The normalized spacial score (nSPS) is 26.2. The van der Waals surface area contributed by atoms with Crippen LogP contribution in [0.1, 0.15) is 32.6 Å². The third kappa shape index (κ3) is 3.90. The predicted molar refractivity (Wildman–Crippen MR) is 74.1 cm³/mol. The Hall–Kier alpha value is -1.69. The Morgan fingerprint density at radius 1 is 1.65 bits per heavy atom. The Balaban J connectivity index is 1.86. The Kier molecular flexibility index (Phi) is 4.54. The summed E-state index contributed by atoms with van der Waals surface area (Å²) in [6.07, 6.45) is 6.44. The van der Waals surface area contributed by atoms with E-state index in [0.29, 0.717) is 18.8 Å². The maximum atomic E-state index is 11.8. The topological polar surface area (TPSA) is 84.2 Å². The summed E-state index contributed by atoms with van der Waals surface area (Å²) in [7, 11) is 0. The van der Waals surface area contributed by atoms with E-state index in [4.69, 9.17) is 0 Å². The molecule has 6 heteroatoms. The standard InChI is InChI=1S/C14H21N3O3/c1-11-4-2-5-14(20,8-11)10-16-12(18)9-17-7-3-6-15-13(17)19/h3,6-7,11,20H,2,4-5,8-10H2,1H3,(H,16,18). The van der Waals surface area contributed by atoms with Crippen molar-refractivity contribution in [1.29, 1.82) is 0 Å². The molecule has 2 rings (SSSR count). The molecule has 2 atom stereocenters. The smallest absolute Gasteiger partial charge is 0.347 e. The van der Waals surface area contributed by atoms with E-state index < -0.39 is 11.3 Å². The summed E-state index contributed by atoms with van der Waals surface area (Å²) in [4.78, 5) is 26.8. The summed E-state index contributed by atoms with van der Waals surface area (Å²) in [5.41, 5.74) is -1.26. The summed E-state index contributed by atoms with van der Waals surface area (Å²) in [5, 5.41) is 13.1. The molecule has 1 aromatic heterocycles. The molecule has 1 heterocycles. The van der Waals surface area contributed by atoms with Gasteiger partial charge in [-0.05, 0) is 24.8 Å². The molecule has 110 valence electrons. The lowest BCUT2D eigenvalue weighted by molar-refractivity contribution is -0.123. The maximum absolute atomic E-state index is 11.8. The average molecular weight is 279 g/mol. The highest BCUT2D eigenvalue weighted by Gasteiger charge is 2.32. The molecule has 1 aliphatic carbocycles. The molecule has 1 fully saturated rings. The molecule has 0 aromatic carbocycles. The largest absolute Gasteiger partial charge is 0.388 e. The van der Waals surface area contributed by atoms with Crippen LogP contribution in [0.4, 0.5) is 0 Å². The lowest BCUT2D eigenvalue weighted by atomic mass is 9.79. The van der Waals surface area contributed by atoms with Crippen LogP contribution in [0, 0.1) is 5.92 Å². The van der Waals surface area contributed by atoms with Crippen LogP contribution in [0.2, 0.25) is 0 Å². The summed E-state index contributed by atoms with van der Waals surface area (Å²) in [6.45, 7) is 2.28. The first-order valence-electron chi connectivity index (χ1n) is 6.99. The van der Waals surface area contributed by atoms with Crippen LogP contribution in [0.15, 0.2) is 23.3 Å². The van der Waals surface area contributed by atoms with Gasteiger partial charge in [0, 0.05) is 18.9 Å². The van der Waals surface area contributed by atoms with Crippen molar-refractivity contribution in [2.24, 2.45) is 5.92 Å². The summed E-state index contributed by atoms with van der Waals surface area (Å²) in [5.74, 6) is 0.193.